The summed E-state index contributed by atoms with van der Waals surface area (Å²) < 4.78 is 3.54. The lowest BCUT2D eigenvalue weighted by Gasteiger charge is -2.23. The number of nitrogens with one attached hydrogen (secondary N) is 1. The van der Waals surface area contributed by atoms with Crippen molar-refractivity contribution in [2.75, 3.05) is 0 Å². The summed E-state index contributed by atoms with van der Waals surface area (Å²) >= 11 is 0. The highest BCUT2D eigenvalue weighted by atomic mass is 16.2. The van der Waals surface area contributed by atoms with Crippen molar-refractivity contribution in [2.45, 2.75) is 32.4 Å². The van der Waals surface area contributed by atoms with E-state index in [1.54, 1.807) is 24.1 Å². The van der Waals surface area contributed by atoms with Gasteiger partial charge in [-0.3, -0.25) is 14.5 Å². The predicted molar refractivity (Wildman–Crippen MR) is 116 cm³/mol. The summed E-state index contributed by atoms with van der Waals surface area (Å²) in [5.41, 5.74) is 4.04. The maximum Gasteiger partial charge on any atom is 0.270 e. The highest BCUT2D eigenvalue weighted by molar-refractivity contribution is 5.98. The van der Waals surface area contributed by atoms with Gasteiger partial charge in [0.2, 0.25) is 0 Å². The third kappa shape index (κ3) is 3.72. The van der Waals surface area contributed by atoms with E-state index < -0.39 is 0 Å². The molecule has 0 spiro atoms. The molecule has 1 aliphatic rings. The van der Waals surface area contributed by atoms with E-state index in [1.165, 1.54) is 0 Å². The molecule has 5 rings (SSSR count). The van der Waals surface area contributed by atoms with Gasteiger partial charge in [-0.1, -0.05) is 36.4 Å². The number of amides is 1. The molecule has 1 atom stereocenters. The van der Waals surface area contributed by atoms with Crippen molar-refractivity contribution in [3.8, 4) is 22.6 Å². The normalized spacial score (nSPS) is 15.5. The Hall–Kier alpha value is -3.81. The molecule has 1 N–H and O–H groups in total. The lowest BCUT2D eigenvalue weighted by Crippen LogP contribution is -2.41. The van der Waals surface area contributed by atoms with Crippen LogP contribution in [0.2, 0.25) is 0 Å². The molecule has 1 unspecified atom stereocenters. The molecule has 1 aromatic carbocycles. The summed E-state index contributed by atoms with van der Waals surface area (Å²) in [7, 11) is 1.77. The van der Waals surface area contributed by atoms with Crippen LogP contribution in [0.4, 0.5) is 0 Å². The fourth-order valence-corrected chi connectivity index (χ4v) is 3.91. The molecular weight excluding hydrogens is 390 g/mol. The number of carbonyl (C=O) groups is 1. The van der Waals surface area contributed by atoms with Crippen LogP contribution in [0.25, 0.3) is 22.6 Å². The van der Waals surface area contributed by atoms with Gasteiger partial charge in [-0.05, 0) is 25.0 Å². The number of rotatable bonds is 4. The minimum atomic E-state index is -0.154. The van der Waals surface area contributed by atoms with Crippen molar-refractivity contribution in [2.24, 2.45) is 7.05 Å². The summed E-state index contributed by atoms with van der Waals surface area (Å²) in [5.74, 6) is 1.46. The van der Waals surface area contributed by atoms with E-state index >= 15 is 0 Å². The maximum absolute atomic E-state index is 13.2. The number of fused-ring (bicyclic) bond motifs is 1. The molecule has 4 heterocycles. The minimum absolute atomic E-state index is 0.0125. The Bertz CT molecular complexity index is 1220. The van der Waals surface area contributed by atoms with Crippen molar-refractivity contribution in [3.63, 3.8) is 0 Å². The van der Waals surface area contributed by atoms with E-state index in [9.17, 15) is 4.79 Å². The summed E-state index contributed by atoms with van der Waals surface area (Å²) in [5, 5.41) is 12.1. The topological polar surface area (TPSA) is 90.5 Å². The highest BCUT2D eigenvalue weighted by Gasteiger charge is 2.26. The smallest absolute Gasteiger partial charge is 0.270 e. The fraction of sp³-hybridized carbons (Fsp3) is 0.261. The number of nitrogens with zero attached hydrogens (tertiary/aromatic N) is 6. The van der Waals surface area contributed by atoms with Crippen LogP contribution in [-0.2, 0) is 20.0 Å². The summed E-state index contributed by atoms with van der Waals surface area (Å²) in [4.78, 5) is 22.3. The van der Waals surface area contributed by atoms with Gasteiger partial charge in [0.25, 0.3) is 5.91 Å². The van der Waals surface area contributed by atoms with Crippen molar-refractivity contribution < 1.29 is 4.79 Å². The Morgan fingerprint density at radius 3 is 2.74 bits per heavy atom. The van der Waals surface area contributed by atoms with Gasteiger partial charge in [0, 0.05) is 37.8 Å². The fourth-order valence-electron chi connectivity index (χ4n) is 3.91. The molecule has 4 aromatic rings. The molecule has 156 valence electrons. The molecule has 1 amide bonds. The molecule has 0 fully saturated rings. The van der Waals surface area contributed by atoms with Crippen LogP contribution in [0.15, 0.2) is 54.9 Å². The second-order valence-corrected chi connectivity index (χ2v) is 7.86. The predicted octanol–water partition coefficient (Wildman–Crippen LogP) is 2.79. The molecule has 0 radical (unpaired) electrons. The van der Waals surface area contributed by atoms with Crippen LogP contribution in [0.3, 0.4) is 0 Å². The van der Waals surface area contributed by atoms with Crippen molar-refractivity contribution in [1.82, 2.24) is 34.8 Å². The number of carbonyl (C=O) groups excluding carboxylic acids is 1. The molecule has 3 aromatic heterocycles. The monoisotopic (exact) mass is 413 g/mol. The number of aromatic nitrogens is 6. The van der Waals surface area contributed by atoms with Crippen molar-refractivity contribution >= 4 is 5.91 Å². The van der Waals surface area contributed by atoms with Crippen LogP contribution < -0.4 is 5.32 Å². The summed E-state index contributed by atoms with van der Waals surface area (Å²) in [6, 6.07) is 13.8. The second-order valence-electron chi connectivity index (χ2n) is 7.86. The van der Waals surface area contributed by atoms with Crippen LogP contribution in [0, 0.1) is 6.92 Å². The number of pyridine rings is 1. The molecule has 31 heavy (non-hydrogen) atoms. The first-order valence-electron chi connectivity index (χ1n) is 10.3. The van der Waals surface area contributed by atoms with Gasteiger partial charge in [0.1, 0.15) is 11.5 Å². The zero-order valence-corrected chi connectivity index (χ0v) is 17.5. The Kier molecular flexibility index (Phi) is 4.82. The number of benzene rings is 1. The number of hydrogen-bond acceptors (Lipinski definition) is 5. The second kappa shape index (κ2) is 7.79. The van der Waals surface area contributed by atoms with E-state index in [0.29, 0.717) is 12.1 Å². The van der Waals surface area contributed by atoms with E-state index in [4.69, 9.17) is 4.98 Å². The first kappa shape index (κ1) is 19.2. The number of hydrogen-bond donors (Lipinski definition) is 1. The Morgan fingerprint density at radius 2 is 1.97 bits per heavy atom. The van der Waals surface area contributed by atoms with Crippen LogP contribution in [0.5, 0.6) is 0 Å². The van der Waals surface area contributed by atoms with E-state index in [1.807, 2.05) is 54.1 Å². The largest absolute Gasteiger partial charge is 0.347 e. The van der Waals surface area contributed by atoms with Crippen molar-refractivity contribution in [3.05, 3.63) is 71.9 Å². The van der Waals surface area contributed by atoms with Crippen LogP contribution >= 0.6 is 0 Å². The van der Waals surface area contributed by atoms with Crippen LogP contribution in [-0.4, -0.2) is 41.5 Å². The zero-order chi connectivity index (χ0) is 21.4. The number of aryl methyl sites for hydroxylation is 3. The van der Waals surface area contributed by atoms with E-state index in [0.717, 1.165) is 47.0 Å². The quantitative estimate of drug-likeness (QED) is 0.556. The molecule has 1 aliphatic heterocycles. The average molecular weight is 413 g/mol. The minimum Gasteiger partial charge on any atom is -0.347 e. The Labute approximate surface area is 180 Å². The van der Waals surface area contributed by atoms with E-state index in [2.05, 4.69) is 20.5 Å². The van der Waals surface area contributed by atoms with Gasteiger partial charge < -0.3 is 5.32 Å². The van der Waals surface area contributed by atoms with Crippen molar-refractivity contribution in [1.29, 1.82) is 0 Å². The van der Waals surface area contributed by atoms with E-state index in [-0.39, 0.29) is 11.9 Å². The van der Waals surface area contributed by atoms with Gasteiger partial charge in [0.15, 0.2) is 5.82 Å². The zero-order valence-electron chi connectivity index (χ0n) is 17.5. The average Bonchev–Trinajstić information content (AvgIpc) is 3.38. The Balaban J connectivity index is 1.34. The molecule has 8 nitrogen and oxygen atoms in total. The molecule has 0 bridgehead atoms. The van der Waals surface area contributed by atoms with Gasteiger partial charge in [0.05, 0.1) is 17.5 Å². The van der Waals surface area contributed by atoms with Gasteiger partial charge in [-0.25, -0.2) is 9.67 Å². The molecule has 8 heteroatoms. The lowest BCUT2D eigenvalue weighted by molar-refractivity contribution is 0.0921. The Morgan fingerprint density at radius 1 is 1.13 bits per heavy atom. The third-order valence-corrected chi connectivity index (χ3v) is 5.58. The SMILES string of the molecule is Cc1ccc(-c2cnn(C)c2C(=O)NC2CCn3nc(-c4ccccc4)nc3C2)nc1. The summed E-state index contributed by atoms with van der Waals surface area (Å²) in [6.45, 7) is 2.70. The maximum atomic E-state index is 13.2. The lowest BCUT2D eigenvalue weighted by atomic mass is 10.1. The molecule has 0 aliphatic carbocycles. The first-order chi connectivity index (χ1) is 15.1. The summed E-state index contributed by atoms with van der Waals surface area (Å²) in [6.07, 6.45) is 4.92. The highest BCUT2D eigenvalue weighted by Crippen LogP contribution is 2.23. The molecule has 0 saturated heterocycles. The van der Waals surface area contributed by atoms with Gasteiger partial charge in [-0.2, -0.15) is 10.2 Å². The molecule has 0 saturated carbocycles. The third-order valence-electron chi connectivity index (χ3n) is 5.58. The first-order valence-corrected chi connectivity index (χ1v) is 10.3. The van der Waals surface area contributed by atoms with Crippen LogP contribution in [0.1, 0.15) is 28.3 Å². The molecular formula is C23H23N7O. The van der Waals surface area contributed by atoms with Gasteiger partial charge >= 0.3 is 0 Å². The standard InChI is InChI=1S/C23H23N7O/c1-15-8-9-19(24-13-15)18-14-25-29(2)21(18)23(31)26-17-10-11-30-20(12-17)27-22(28-30)16-6-4-3-5-7-16/h3-9,13-14,17H,10-12H2,1-2H3,(H,26,31). The van der Waals surface area contributed by atoms with Gasteiger partial charge in [-0.15, -0.1) is 0 Å².